The third kappa shape index (κ3) is 6.27. The predicted octanol–water partition coefficient (Wildman–Crippen LogP) is 3.86. The molecule has 7 nitrogen and oxygen atoms in total. The fourth-order valence-electron chi connectivity index (χ4n) is 3.31. The number of carbonyl (C=O) groups excluding carboxylic acids is 1. The normalized spacial score (nSPS) is 12.0. The number of aromatic amines is 1. The van der Waals surface area contributed by atoms with Crippen LogP contribution in [0, 0.1) is 0 Å². The zero-order chi connectivity index (χ0) is 23.4. The molecule has 0 atom stereocenters. The van der Waals surface area contributed by atoms with E-state index in [0.29, 0.717) is 12.1 Å². The van der Waals surface area contributed by atoms with E-state index >= 15 is 0 Å². The van der Waals surface area contributed by atoms with Crippen molar-refractivity contribution < 1.29 is 13.2 Å². The molecule has 3 aromatic rings. The minimum atomic E-state index is -3.63. The Morgan fingerprint density at radius 2 is 1.72 bits per heavy atom. The molecule has 1 amide bonds. The first kappa shape index (κ1) is 23.7. The maximum absolute atomic E-state index is 12.7. The summed E-state index contributed by atoms with van der Waals surface area (Å²) in [5, 5.41) is 7.42. The Morgan fingerprint density at radius 1 is 1.06 bits per heavy atom. The molecule has 0 spiro atoms. The van der Waals surface area contributed by atoms with Crippen LogP contribution in [-0.4, -0.2) is 48.6 Å². The van der Waals surface area contributed by atoms with E-state index in [-0.39, 0.29) is 10.8 Å². The van der Waals surface area contributed by atoms with Gasteiger partial charge in [0, 0.05) is 36.0 Å². The van der Waals surface area contributed by atoms with E-state index in [0.717, 1.165) is 29.8 Å². The van der Waals surface area contributed by atoms with Crippen LogP contribution in [0.3, 0.4) is 0 Å². The molecule has 0 aliphatic rings. The highest BCUT2D eigenvalue weighted by molar-refractivity contribution is 7.89. The molecule has 0 saturated carbocycles. The number of nitrogens with zero attached hydrogens (tertiary/aromatic N) is 2. The van der Waals surface area contributed by atoms with E-state index in [1.54, 1.807) is 44.9 Å². The summed E-state index contributed by atoms with van der Waals surface area (Å²) in [4.78, 5) is 14.5. The van der Waals surface area contributed by atoms with Crippen molar-refractivity contribution in [1.29, 1.82) is 0 Å². The molecular weight excluding hydrogens is 424 g/mol. The lowest BCUT2D eigenvalue weighted by Crippen LogP contribution is -2.40. The van der Waals surface area contributed by atoms with Gasteiger partial charge in [-0.05, 0) is 63.9 Å². The zero-order valence-corrected chi connectivity index (χ0v) is 19.7. The smallest absolute Gasteiger partial charge is 0.253 e. The number of nitrogens with one attached hydrogen (secondary N) is 2. The first-order valence-corrected chi connectivity index (χ1v) is 12.0. The molecule has 8 heteroatoms. The van der Waals surface area contributed by atoms with Crippen LogP contribution in [0.4, 0.5) is 0 Å². The van der Waals surface area contributed by atoms with Crippen molar-refractivity contribution in [3.63, 3.8) is 0 Å². The monoisotopic (exact) mass is 454 g/mol. The van der Waals surface area contributed by atoms with Crippen LogP contribution in [0.1, 0.15) is 43.2 Å². The molecule has 2 aromatic carbocycles. The van der Waals surface area contributed by atoms with Crippen LogP contribution in [0.5, 0.6) is 0 Å². The zero-order valence-electron chi connectivity index (χ0n) is 18.9. The molecule has 32 heavy (non-hydrogen) atoms. The summed E-state index contributed by atoms with van der Waals surface area (Å²) >= 11 is 0. The van der Waals surface area contributed by atoms with Gasteiger partial charge in [0.1, 0.15) is 0 Å². The number of benzene rings is 2. The SMILES string of the molecule is CN(CCCc1cc(-c2ccccc2)n[nH]1)C(=O)c1ccc(S(=O)(=O)NC(C)(C)C)cc1. The molecular formula is C24H30N4O3S. The molecule has 0 unspecified atom stereocenters. The predicted molar refractivity (Wildman–Crippen MR) is 126 cm³/mol. The number of carbonyl (C=O) groups is 1. The molecule has 0 radical (unpaired) electrons. The maximum Gasteiger partial charge on any atom is 0.253 e. The first-order valence-electron chi connectivity index (χ1n) is 10.5. The van der Waals surface area contributed by atoms with Crippen molar-refractivity contribution in [2.24, 2.45) is 0 Å². The van der Waals surface area contributed by atoms with Gasteiger partial charge in [-0.2, -0.15) is 5.10 Å². The molecule has 0 bridgehead atoms. The second kappa shape index (κ2) is 9.67. The van der Waals surface area contributed by atoms with E-state index in [4.69, 9.17) is 0 Å². The number of amides is 1. The average molecular weight is 455 g/mol. The summed E-state index contributed by atoms with van der Waals surface area (Å²) in [5.41, 5.74) is 2.86. The third-order valence-corrected chi connectivity index (χ3v) is 6.61. The minimum absolute atomic E-state index is 0.139. The molecule has 170 valence electrons. The molecule has 1 aromatic heterocycles. The molecule has 0 fully saturated rings. The van der Waals surface area contributed by atoms with Crippen LogP contribution in [-0.2, 0) is 16.4 Å². The van der Waals surface area contributed by atoms with Crippen molar-refractivity contribution in [1.82, 2.24) is 19.8 Å². The molecule has 2 N–H and O–H groups in total. The van der Waals surface area contributed by atoms with E-state index in [9.17, 15) is 13.2 Å². The van der Waals surface area contributed by atoms with Crippen LogP contribution < -0.4 is 4.72 Å². The van der Waals surface area contributed by atoms with Crippen LogP contribution in [0.25, 0.3) is 11.3 Å². The van der Waals surface area contributed by atoms with Crippen molar-refractivity contribution >= 4 is 15.9 Å². The Kier molecular flexibility index (Phi) is 7.16. The van der Waals surface area contributed by atoms with Crippen molar-refractivity contribution in [2.45, 2.75) is 44.0 Å². The number of hydrogen-bond acceptors (Lipinski definition) is 4. The number of aromatic nitrogens is 2. The van der Waals surface area contributed by atoms with E-state index in [1.165, 1.54) is 12.1 Å². The Hall–Kier alpha value is -2.97. The van der Waals surface area contributed by atoms with Gasteiger partial charge < -0.3 is 4.90 Å². The second-order valence-electron chi connectivity index (χ2n) is 8.85. The van der Waals surface area contributed by atoms with Gasteiger partial charge >= 0.3 is 0 Å². The van der Waals surface area contributed by atoms with Crippen LogP contribution in [0.2, 0.25) is 0 Å². The van der Waals surface area contributed by atoms with Gasteiger partial charge in [-0.1, -0.05) is 30.3 Å². The molecule has 0 aliphatic heterocycles. The van der Waals surface area contributed by atoms with Crippen molar-refractivity contribution in [3.8, 4) is 11.3 Å². The van der Waals surface area contributed by atoms with Crippen LogP contribution in [0.15, 0.2) is 65.6 Å². The van der Waals surface area contributed by atoms with E-state index < -0.39 is 15.6 Å². The number of rotatable bonds is 8. The van der Waals surface area contributed by atoms with Crippen molar-refractivity contribution in [2.75, 3.05) is 13.6 Å². The highest BCUT2D eigenvalue weighted by Crippen LogP contribution is 2.18. The molecule has 0 aliphatic carbocycles. The quantitative estimate of drug-likeness (QED) is 0.540. The fourth-order valence-corrected chi connectivity index (χ4v) is 4.73. The first-order chi connectivity index (χ1) is 15.0. The third-order valence-electron chi connectivity index (χ3n) is 4.84. The number of H-pyrrole nitrogens is 1. The average Bonchev–Trinajstić information content (AvgIpc) is 3.21. The molecule has 0 saturated heterocycles. The van der Waals surface area contributed by atoms with Crippen molar-refractivity contribution in [3.05, 3.63) is 71.9 Å². The van der Waals surface area contributed by atoms with Gasteiger partial charge in [0.2, 0.25) is 10.0 Å². The van der Waals surface area contributed by atoms with Gasteiger partial charge in [-0.3, -0.25) is 9.89 Å². The van der Waals surface area contributed by atoms with Gasteiger partial charge in [-0.15, -0.1) is 0 Å². The lowest BCUT2D eigenvalue weighted by Gasteiger charge is -2.20. The second-order valence-corrected chi connectivity index (χ2v) is 10.5. The Balaban J connectivity index is 1.54. The maximum atomic E-state index is 12.7. The lowest BCUT2D eigenvalue weighted by molar-refractivity contribution is 0.0793. The van der Waals surface area contributed by atoms with E-state index in [2.05, 4.69) is 14.9 Å². The molecule has 3 rings (SSSR count). The van der Waals surface area contributed by atoms with Gasteiger partial charge in [0.05, 0.1) is 10.6 Å². The highest BCUT2D eigenvalue weighted by Gasteiger charge is 2.22. The summed E-state index contributed by atoms with van der Waals surface area (Å²) in [7, 11) is -1.88. The van der Waals surface area contributed by atoms with Gasteiger partial charge in [0.25, 0.3) is 5.91 Å². The van der Waals surface area contributed by atoms with E-state index in [1.807, 2.05) is 36.4 Å². The topological polar surface area (TPSA) is 95.2 Å². The minimum Gasteiger partial charge on any atom is -0.342 e. The summed E-state index contributed by atoms with van der Waals surface area (Å²) < 4.78 is 27.4. The Labute approximate surface area is 189 Å². The standard InChI is InChI=1S/C24H30N4O3S/c1-24(2,3)27-32(30,31)21-14-12-19(13-15-21)23(29)28(4)16-8-11-20-17-22(26-25-20)18-9-6-5-7-10-18/h5-7,9-10,12-15,17,27H,8,11,16H2,1-4H3,(H,25,26). The molecule has 1 heterocycles. The fraction of sp³-hybridized carbons (Fsp3) is 0.333. The van der Waals surface area contributed by atoms with Crippen LogP contribution >= 0.6 is 0 Å². The summed E-state index contributed by atoms with van der Waals surface area (Å²) in [6.45, 7) is 5.92. The number of sulfonamides is 1. The summed E-state index contributed by atoms with van der Waals surface area (Å²) in [6, 6.07) is 18.0. The number of aryl methyl sites for hydroxylation is 1. The number of hydrogen-bond donors (Lipinski definition) is 2. The summed E-state index contributed by atoms with van der Waals surface area (Å²) in [5.74, 6) is -0.146. The lowest BCUT2D eigenvalue weighted by atomic mass is 10.1. The Bertz CT molecular complexity index is 1150. The highest BCUT2D eigenvalue weighted by atomic mass is 32.2. The van der Waals surface area contributed by atoms with Gasteiger partial charge in [-0.25, -0.2) is 13.1 Å². The largest absolute Gasteiger partial charge is 0.342 e. The summed E-state index contributed by atoms with van der Waals surface area (Å²) in [6.07, 6.45) is 1.55. The Morgan fingerprint density at radius 3 is 2.34 bits per heavy atom. The van der Waals surface area contributed by atoms with Gasteiger partial charge in [0.15, 0.2) is 0 Å².